The van der Waals surface area contributed by atoms with E-state index in [1.807, 2.05) is 19.1 Å². The van der Waals surface area contributed by atoms with Gasteiger partial charge in [0.2, 0.25) is 0 Å². The van der Waals surface area contributed by atoms with E-state index in [-0.39, 0.29) is 0 Å². The minimum absolute atomic E-state index is 0.605. The van der Waals surface area contributed by atoms with Crippen molar-refractivity contribution in [1.29, 1.82) is 5.26 Å². The molecule has 0 amide bonds. The number of hydrogen-bond acceptors (Lipinski definition) is 3. The second-order valence-electron chi connectivity index (χ2n) is 3.33. The van der Waals surface area contributed by atoms with Gasteiger partial charge in [-0.1, -0.05) is 12.1 Å². The van der Waals surface area contributed by atoms with E-state index in [0.29, 0.717) is 12.1 Å². The summed E-state index contributed by atoms with van der Waals surface area (Å²) in [4.78, 5) is 7.90. The topological polar surface area (TPSA) is 48.5 Å². The van der Waals surface area contributed by atoms with Gasteiger partial charge in [-0.3, -0.25) is 9.98 Å². The standard InChI is InChI=1S/C13H13N3/c1-11(8-15-2)9-16-10-13-5-3-12(7-14)4-6-13/h3-6,8-9H,2,10H2,1H3/b11-8-,16-9?. The molecule has 0 aliphatic rings. The second kappa shape index (κ2) is 6.31. The molecule has 1 aromatic rings. The van der Waals surface area contributed by atoms with Crippen LogP contribution in [0.4, 0.5) is 0 Å². The molecule has 0 atom stereocenters. The number of rotatable bonds is 4. The summed E-state index contributed by atoms with van der Waals surface area (Å²) in [6, 6.07) is 9.47. The molecule has 16 heavy (non-hydrogen) atoms. The predicted molar refractivity (Wildman–Crippen MR) is 66.7 cm³/mol. The Hall–Kier alpha value is -2.21. The van der Waals surface area contributed by atoms with Crippen molar-refractivity contribution in [2.45, 2.75) is 13.5 Å². The van der Waals surface area contributed by atoms with E-state index in [1.165, 1.54) is 0 Å². The third-order valence-electron chi connectivity index (χ3n) is 1.95. The zero-order valence-corrected chi connectivity index (χ0v) is 9.22. The molecule has 80 valence electrons. The molecule has 0 unspecified atom stereocenters. The fourth-order valence-corrected chi connectivity index (χ4v) is 1.16. The first-order valence-corrected chi connectivity index (χ1v) is 4.87. The van der Waals surface area contributed by atoms with Crippen molar-refractivity contribution >= 4 is 12.9 Å². The molecular formula is C13H13N3. The summed E-state index contributed by atoms with van der Waals surface area (Å²) < 4.78 is 0. The van der Waals surface area contributed by atoms with Crippen LogP contribution in [0, 0.1) is 11.3 Å². The largest absolute Gasteiger partial charge is 0.288 e. The van der Waals surface area contributed by atoms with Gasteiger partial charge >= 0.3 is 0 Å². The average molecular weight is 211 g/mol. The van der Waals surface area contributed by atoms with Crippen LogP contribution >= 0.6 is 0 Å². The van der Waals surface area contributed by atoms with Gasteiger partial charge < -0.3 is 0 Å². The summed E-state index contributed by atoms with van der Waals surface area (Å²) in [6.45, 7) is 5.89. The number of benzene rings is 1. The van der Waals surface area contributed by atoms with Crippen LogP contribution in [-0.4, -0.2) is 12.9 Å². The van der Waals surface area contributed by atoms with Crippen molar-refractivity contribution in [2.24, 2.45) is 9.98 Å². The summed E-state index contributed by atoms with van der Waals surface area (Å²) in [5.41, 5.74) is 2.71. The maximum Gasteiger partial charge on any atom is 0.0991 e. The third-order valence-corrected chi connectivity index (χ3v) is 1.95. The van der Waals surface area contributed by atoms with Crippen LogP contribution < -0.4 is 0 Å². The highest BCUT2D eigenvalue weighted by Gasteiger charge is 1.91. The molecule has 0 spiro atoms. The maximum atomic E-state index is 8.63. The minimum atomic E-state index is 0.605. The molecule has 1 aromatic carbocycles. The smallest absolute Gasteiger partial charge is 0.0991 e. The van der Waals surface area contributed by atoms with Crippen molar-refractivity contribution in [3.8, 4) is 6.07 Å². The number of aliphatic imine (C=N–C) groups is 2. The van der Waals surface area contributed by atoms with Gasteiger partial charge in [0.1, 0.15) is 0 Å². The van der Waals surface area contributed by atoms with Crippen molar-refractivity contribution in [3.63, 3.8) is 0 Å². The number of hydrogen-bond donors (Lipinski definition) is 0. The van der Waals surface area contributed by atoms with Crippen LogP contribution in [0.15, 0.2) is 46.0 Å². The zero-order valence-electron chi connectivity index (χ0n) is 9.22. The van der Waals surface area contributed by atoms with Gasteiger partial charge in [0.25, 0.3) is 0 Å². The first kappa shape index (κ1) is 11.9. The van der Waals surface area contributed by atoms with Crippen LogP contribution in [0.1, 0.15) is 18.1 Å². The molecule has 0 aliphatic heterocycles. The Kier molecular flexibility index (Phi) is 4.68. The SMILES string of the molecule is C=N/C=C(/C)C=NCc1ccc(C#N)cc1. The van der Waals surface area contributed by atoms with Gasteiger partial charge in [-0.05, 0) is 36.9 Å². The van der Waals surface area contributed by atoms with Crippen molar-refractivity contribution in [3.05, 3.63) is 47.2 Å². The van der Waals surface area contributed by atoms with Gasteiger partial charge in [0.05, 0.1) is 18.2 Å². The monoisotopic (exact) mass is 211 g/mol. The number of nitrogens with zero attached hydrogens (tertiary/aromatic N) is 3. The Morgan fingerprint density at radius 3 is 2.69 bits per heavy atom. The molecule has 0 aliphatic carbocycles. The lowest BCUT2D eigenvalue weighted by atomic mass is 10.1. The molecule has 1 rings (SSSR count). The Morgan fingerprint density at radius 2 is 2.12 bits per heavy atom. The Morgan fingerprint density at radius 1 is 1.44 bits per heavy atom. The van der Waals surface area contributed by atoms with Crippen LogP contribution in [0.2, 0.25) is 0 Å². The Balaban J connectivity index is 2.58. The molecule has 0 radical (unpaired) electrons. The predicted octanol–water partition coefficient (Wildman–Crippen LogP) is 2.73. The van der Waals surface area contributed by atoms with Crippen molar-refractivity contribution < 1.29 is 0 Å². The molecule has 0 fully saturated rings. The highest BCUT2D eigenvalue weighted by atomic mass is 14.7. The molecular weight excluding hydrogens is 198 g/mol. The van der Waals surface area contributed by atoms with E-state index in [0.717, 1.165) is 11.1 Å². The van der Waals surface area contributed by atoms with Gasteiger partial charge in [0.15, 0.2) is 0 Å². The lowest BCUT2D eigenvalue weighted by molar-refractivity contribution is 1.07. The van der Waals surface area contributed by atoms with Crippen molar-refractivity contribution in [2.75, 3.05) is 0 Å². The van der Waals surface area contributed by atoms with E-state index in [1.54, 1.807) is 24.5 Å². The van der Waals surface area contributed by atoms with Crippen molar-refractivity contribution in [1.82, 2.24) is 0 Å². The maximum absolute atomic E-state index is 8.63. The summed E-state index contributed by atoms with van der Waals surface area (Å²) in [5, 5.41) is 8.63. The molecule has 0 aromatic heterocycles. The van der Waals surface area contributed by atoms with E-state index in [2.05, 4.69) is 22.8 Å². The highest BCUT2D eigenvalue weighted by molar-refractivity contribution is 5.77. The highest BCUT2D eigenvalue weighted by Crippen LogP contribution is 2.04. The van der Waals surface area contributed by atoms with E-state index in [4.69, 9.17) is 5.26 Å². The summed E-state index contributed by atoms with van der Waals surface area (Å²) in [6.07, 6.45) is 3.41. The third kappa shape index (κ3) is 3.89. The second-order valence-corrected chi connectivity index (χ2v) is 3.33. The average Bonchev–Trinajstić information content (AvgIpc) is 2.30. The normalized spacial score (nSPS) is 11.4. The van der Waals surface area contributed by atoms with E-state index in [9.17, 15) is 0 Å². The molecule has 0 saturated heterocycles. The minimum Gasteiger partial charge on any atom is -0.288 e. The van der Waals surface area contributed by atoms with Gasteiger partial charge in [0, 0.05) is 12.4 Å². The first-order chi connectivity index (χ1) is 7.76. The van der Waals surface area contributed by atoms with Crippen LogP contribution in [0.25, 0.3) is 0 Å². The van der Waals surface area contributed by atoms with Gasteiger partial charge in [-0.25, -0.2) is 0 Å². The molecule has 0 N–H and O–H groups in total. The van der Waals surface area contributed by atoms with E-state index < -0.39 is 0 Å². The Bertz CT molecular complexity index is 447. The zero-order chi connectivity index (χ0) is 11.8. The molecule has 0 heterocycles. The first-order valence-electron chi connectivity index (χ1n) is 4.87. The number of nitriles is 1. The summed E-state index contributed by atoms with van der Waals surface area (Å²) in [5.74, 6) is 0. The van der Waals surface area contributed by atoms with Crippen LogP contribution in [0.3, 0.4) is 0 Å². The molecule has 3 nitrogen and oxygen atoms in total. The summed E-state index contributed by atoms with van der Waals surface area (Å²) in [7, 11) is 0. The molecule has 0 bridgehead atoms. The fourth-order valence-electron chi connectivity index (χ4n) is 1.16. The quantitative estimate of drug-likeness (QED) is 0.706. The van der Waals surface area contributed by atoms with Gasteiger partial charge in [-0.2, -0.15) is 5.26 Å². The lowest BCUT2D eigenvalue weighted by Crippen LogP contribution is -1.84. The Labute approximate surface area is 95.5 Å². The summed E-state index contributed by atoms with van der Waals surface area (Å²) >= 11 is 0. The van der Waals surface area contributed by atoms with Crippen LogP contribution in [0.5, 0.6) is 0 Å². The molecule has 0 saturated carbocycles. The lowest BCUT2D eigenvalue weighted by Gasteiger charge is -1.96. The number of allylic oxidation sites excluding steroid dienone is 1. The van der Waals surface area contributed by atoms with E-state index >= 15 is 0 Å². The van der Waals surface area contributed by atoms with Gasteiger partial charge in [-0.15, -0.1) is 0 Å². The fraction of sp³-hybridized carbons (Fsp3) is 0.154. The molecule has 3 heteroatoms. The van der Waals surface area contributed by atoms with Crippen LogP contribution in [-0.2, 0) is 6.54 Å².